The minimum absolute atomic E-state index is 0.164. The van der Waals surface area contributed by atoms with Crippen molar-refractivity contribution in [1.29, 1.82) is 0 Å². The van der Waals surface area contributed by atoms with Crippen LogP contribution >= 0.6 is 0 Å². The van der Waals surface area contributed by atoms with Crippen molar-refractivity contribution in [3.8, 4) is 0 Å². The number of aliphatic hydroxyl groups excluding tert-OH is 1. The molecule has 1 heterocycles. The zero-order chi connectivity index (χ0) is 12.0. The number of methoxy groups -OCH3 is 1. The second kappa shape index (κ2) is 6.34. The van der Waals surface area contributed by atoms with E-state index in [1.165, 1.54) is 13.4 Å². The second-order valence-electron chi connectivity index (χ2n) is 3.45. The van der Waals surface area contributed by atoms with Gasteiger partial charge in [0.2, 0.25) is 0 Å². The predicted octanol–water partition coefficient (Wildman–Crippen LogP) is 0.733. The van der Waals surface area contributed by atoms with Crippen LogP contribution in [0.5, 0.6) is 0 Å². The smallest absolute Gasteiger partial charge is 0.186 e. The molecule has 2 N–H and O–H groups in total. The molecule has 1 aromatic rings. The summed E-state index contributed by atoms with van der Waals surface area (Å²) in [6.07, 6.45) is 1.21. The van der Waals surface area contributed by atoms with E-state index in [-0.39, 0.29) is 12.4 Å². The molecule has 16 heavy (non-hydrogen) atoms. The first-order valence-electron chi connectivity index (χ1n) is 5.03. The van der Waals surface area contributed by atoms with Crippen LogP contribution in [0, 0.1) is 12.7 Å². The van der Waals surface area contributed by atoms with Gasteiger partial charge in [0.05, 0.1) is 18.4 Å². The van der Waals surface area contributed by atoms with E-state index in [1.54, 1.807) is 6.92 Å². The Bertz CT molecular complexity index is 336. The number of hydrogen-bond donors (Lipinski definition) is 2. The summed E-state index contributed by atoms with van der Waals surface area (Å²) in [6.45, 7) is 2.27. The lowest BCUT2D eigenvalue weighted by Gasteiger charge is -2.11. The number of nitrogens with zero attached hydrogens (tertiary/aromatic N) is 2. The van der Waals surface area contributed by atoms with Gasteiger partial charge in [-0.2, -0.15) is 0 Å². The third-order valence-corrected chi connectivity index (χ3v) is 2.09. The molecule has 0 aliphatic rings. The summed E-state index contributed by atoms with van der Waals surface area (Å²) in [6, 6.07) is 0. The van der Waals surface area contributed by atoms with Gasteiger partial charge in [-0.05, 0) is 13.3 Å². The number of aliphatic hydroxyl groups is 1. The van der Waals surface area contributed by atoms with Crippen molar-refractivity contribution in [3.63, 3.8) is 0 Å². The normalized spacial score (nSPS) is 12.5. The molecule has 1 rings (SSSR count). The molecule has 0 aliphatic carbocycles. The molecule has 6 heteroatoms. The van der Waals surface area contributed by atoms with Gasteiger partial charge in [0.1, 0.15) is 6.33 Å². The molecule has 0 bridgehead atoms. The zero-order valence-corrected chi connectivity index (χ0v) is 9.40. The quantitative estimate of drug-likeness (QED) is 0.752. The van der Waals surface area contributed by atoms with Gasteiger partial charge in [-0.25, -0.2) is 14.4 Å². The van der Waals surface area contributed by atoms with E-state index in [9.17, 15) is 9.50 Å². The molecule has 0 radical (unpaired) electrons. The molecule has 0 fully saturated rings. The molecule has 1 unspecified atom stereocenters. The summed E-state index contributed by atoms with van der Waals surface area (Å²) in [5.41, 5.74) is 0.301. The largest absolute Gasteiger partial charge is 0.391 e. The maximum absolute atomic E-state index is 13.4. The van der Waals surface area contributed by atoms with Crippen molar-refractivity contribution in [2.45, 2.75) is 19.4 Å². The Morgan fingerprint density at radius 1 is 1.56 bits per heavy atom. The molecule has 0 saturated heterocycles. The van der Waals surface area contributed by atoms with E-state index in [0.717, 1.165) is 0 Å². The Balaban J connectivity index is 2.40. The molecule has 1 atom stereocenters. The SMILES string of the molecule is COCC(O)CCNc1ncnc(C)c1F. The van der Waals surface area contributed by atoms with Crippen LogP contribution in [0.4, 0.5) is 10.2 Å². The molecule has 0 aliphatic heterocycles. The van der Waals surface area contributed by atoms with Gasteiger partial charge in [-0.15, -0.1) is 0 Å². The van der Waals surface area contributed by atoms with Gasteiger partial charge < -0.3 is 15.2 Å². The van der Waals surface area contributed by atoms with Crippen molar-refractivity contribution in [2.75, 3.05) is 25.6 Å². The fourth-order valence-corrected chi connectivity index (χ4v) is 1.21. The number of aromatic nitrogens is 2. The average molecular weight is 229 g/mol. The number of aryl methyl sites for hydroxylation is 1. The molecule has 0 saturated carbocycles. The van der Waals surface area contributed by atoms with Gasteiger partial charge in [-0.3, -0.25) is 0 Å². The van der Waals surface area contributed by atoms with Gasteiger partial charge in [-0.1, -0.05) is 0 Å². The van der Waals surface area contributed by atoms with Gasteiger partial charge in [0.25, 0.3) is 0 Å². The maximum Gasteiger partial charge on any atom is 0.186 e. The standard InChI is InChI=1S/C10H16FN3O2/c1-7-9(11)10(14-6-13-7)12-4-3-8(15)5-16-2/h6,8,15H,3-5H2,1-2H3,(H,12,13,14). The van der Waals surface area contributed by atoms with Crippen LogP contribution in [0.15, 0.2) is 6.33 Å². The van der Waals surface area contributed by atoms with E-state index in [0.29, 0.717) is 18.7 Å². The molecular weight excluding hydrogens is 213 g/mol. The first-order valence-corrected chi connectivity index (χ1v) is 5.03. The van der Waals surface area contributed by atoms with Gasteiger partial charge >= 0.3 is 0 Å². The number of nitrogens with one attached hydrogen (secondary N) is 1. The molecule has 1 aromatic heterocycles. The lowest BCUT2D eigenvalue weighted by atomic mass is 10.2. The van der Waals surface area contributed by atoms with Crippen LogP contribution < -0.4 is 5.32 Å². The lowest BCUT2D eigenvalue weighted by molar-refractivity contribution is 0.0615. The number of anilines is 1. The summed E-state index contributed by atoms with van der Waals surface area (Å²) in [5.74, 6) is -0.291. The molecule has 0 spiro atoms. The van der Waals surface area contributed by atoms with Gasteiger partial charge in [0.15, 0.2) is 11.6 Å². The average Bonchev–Trinajstić information content (AvgIpc) is 2.25. The number of ether oxygens (including phenoxy) is 1. The minimum Gasteiger partial charge on any atom is -0.391 e. The number of rotatable bonds is 6. The molecule has 0 amide bonds. The van der Waals surface area contributed by atoms with Crippen molar-refractivity contribution < 1.29 is 14.2 Å². The van der Waals surface area contributed by atoms with E-state index in [1.807, 2.05) is 0 Å². The molecule has 90 valence electrons. The topological polar surface area (TPSA) is 67.3 Å². The fraction of sp³-hybridized carbons (Fsp3) is 0.600. The van der Waals surface area contributed by atoms with E-state index >= 15 is 0 Å². The Hall–Kier alpha value is -1.27. The Labute approximate surface area is 93.7 Å². The van der Waals surface area contributed by atoms with Gasteiger partial charge in [0, 0.05) is 13.7 Å². The Morgan fingerprint density at radius 2 is 2.31 bits per heavy atom. The highest BCUT2D eigenvalue weighted by Gasteiger charge is 2.08. The maximum atomic E-state index is 13.4. The van der Waals surface area contributed by atoms with E-state index < -0.39 is 11.9 Å². The molecule has 0 aromatic carbocycles. The van der Waals surface area contributed by atoms with Crippen molar-refractivity contribution >= 4 is 5.82 Å². The first-order chi connectivity index (χ1) is 7.65. The van der Waals surface area contributed by atoms with E-state index in [2.05, 4.69) is 15.3 Å². The van der Waals surface area contributed by atoms with Crippen LogP contribution in [0.25, 0.3) is 0 Å². The Morgan fingerprint density at radius 3 is 3.00 bits per heavy atom. The van der Waals surface area contributed by atoms with Crippen molar-refractivity contribution in [2.24, 2.45) is 0 Å². The predicted molar refractivity (Wildman–Crippen MR) is 57.7 cm³/mol. The first kappa shape index (κ1) is 12.8. The zero-order valence-electron chi connectivity index (χ0n) is 9.40. The highest BCUT2D eigenvalue weighted by Crippen LogP contribution is 2.11. The highest BCUT2D eigenvalue weighted by molar-refractivity contribution is 5.36. The third-order valence-electron chi connectivity index (χ3n) is 2.09. The van der Waals surface area contributed by atoms with Crippen LogP contribution in [-0.2, 0) is 4.74 Å². The van der Waals surface area contributed by atoms with E-state index in [4.69, 9.17) is 4.74 Å². The summed E-state index contributed by atoms with van der Waals surface area (Å²) in [7, 11) is 1.52. The summed E-state index contributed by atoms with van der Waals surface area (Å²) >= 11 is 0. The molecule has 5 nitrogen and oxygen atoms in total. The van der Waals surface area contributed by atoms with Crippen LogP contribution in [-0.4, -0.2) is 41.4 Å². The number of halogens is 1. The lowest BCUT2D eigenvalue weighted by Crippen LogP contribution is -2.19. The van der Waals surface area contributed by atoms with Crippen LogP contribution in [0.2, 0.25) is 0 Å². The summed E-state index contributed by atoms with van der Waals surface area (Å²) in [4.78, 5) is 7.49. The van der Waals surface area contributed by atoms with Crippen LogP contribution in [0.1, 0.15) is 12.1 Å². The van der Waals surface area contributed by atoms with Crippen molar-refractivity contribution in [1.82, 2.24) is 9.97 Å². The van der Waals surface area contributed by atoms with Crippen LogP contribution in [0.3, 0.4) is 0 Å². The monoisotopic (exact) mass is 229 g/mol. The fourth-order valence-electron chi connectivity index (χ4n) is 1.21. The Kier molecular flexibility index (Phi) is 5.07. The van der Waals surface area contributed by atoms with Crippen molar-refractivity contribution in [3.05, 3.63) is 17.8 Å². The second-order valence-corrected chi connectivity index (χ2v) is 3.45. The summed E-state index contributed by atoms with van der Waals surface area (Å²) in [5, 5.41) is 12.2. The number of hydrogen-bond acceptors (Lipinski definition) is 5. The summed E-state index contributed by atoms with van der Waals surface area (Å²) < 4.78 is 18.2. The highest BCUT2D eigenvalue weighted by atomic mass is 19.1. The third kappa shape index (κ3) is 3.71. The molecular formula is C10H16FN3O2. The minimum atomic E-state index is -0.552.